The molecule has 1 fully saturated rings. The second-order valence-electron chi connectivity index (χ2n) is 5.60. The van der Waals surface area contributed by atoms with Gasteiger partial charge in [-0.3, -0.25) is 9.59 Å². The minimum atomic E-state index is -0.175. The molecule has 2 amide bonds. The van der Waals surface area contributed by atoms with Gasteiger partial charge in [-0.1, -0.05) is 12.1 Å². The fourth-order valence-corrected chi connectivity index (χ4v) is 3.30. The van der Waals surface area contributed by atoms with Crippen LogP contribution in [0.15, 0.2) is 41.8 Å². The van der Waals surface area contributed by atoms with E-state index in [-0.39, 0.29) is 24.3 Å². The van der Waals surface area contributed by atoms with Crippen molar-refractivity contribution in [2.24, 2.45) is 5.92 Å². The first-order valence-corrected chi connectivity index (χ1v) is 8.40. The van der Waals surface area contributed by atoms with Crippen molar-refractivity contribution in [3.05, 3.63) is 52.2 Å². The van der Waals surface area contributed by atoms with Crippen LogP contribution in [0, 0.1) is 5.92 Å². The van der Waals surface area contributed by atoms with E-state index in [1.54, 1.807) is 35.2 Å². The number of benzene rings is 1. The molecule has 1 atom stereocenters. The molecule has 1 aromatic heterocycles. The van der Waals surface area contributed by atoms with Gasteiger partial charge in [0.25, 0.3) is 11.8 Å². The average molecular weight is 330 g/mol. The van der Waals surface area contributed by atoms with Gasteiger partial charge in [0.15, 0.2) is 0 Å². The lowest BCUT2D eigenvalue weighted by Crippen LogP contribution is -2.29. The standard InChI is InChI=1S/C17H18N2O3S/c20-11-12-6-7-19(10-12)17(22)13-3-1-4-14(9-13)18-16(21)15-5-2-8-23-15/h1-5,8-9,12,20H,6-7,10-11H2,(H,18,21). The van der Waals surface area contributed by atoms with Crippen molar-refractivity contribution >= 4 is 28.8 Å². The van der Waals surface area contributed by atoms with Crippen LogP contribution in [-0.4, -0.2) is 41.5 Å². The number of carbonyl (C=O) groups excluding carboxylic acids is 2. The minimum absolute atomic E-state index is 0.0619. The van der Waals surface area contributed by atoms with Gasteiger partial charge in [0.05, 0.1) is 4.88 Å². The summed E-state index contributed by atoms with van der Waals surface area (Å²) < 4.78 is 0. The van der Waals surface area contributed by atoms with Gasteiger partial charge in [0.1, 0.15) is 0 Å². The van der Waals surface area contributed by atoms with Crippen molar-refractivity contribution in [1.82, 2.24) is 4.90 Å². The highest BCUT2D eigenvalue weighted by atomic mass is 32.1. The van der Waals surface area contributed by atoms with Crippen LogP contribution in [0.5, 0.6) is 0 Å². The molecule has 2 N–H and O–H groups in total. The molecule has 3 rings (SSSR count). The van der Waals surface area contributed by atoms with Crippen LogP contribution in [0.1, 0.15) is 26.5 Å². The monoisotopic (exact) mass is 330 g/mol. The number of carbonyl (C=O) groups is 2. The second-order valence-corrected chi connectivity index (χ2v) is 6.55. The summed E-state index contributed by atoms with van der Waals surface area (Å²) in [6, 6.07) is 10.5. The number of hydrogen-bond acceptors (Lipinski definition) is 4. The van der Waals surface area contributed by atoms with Crippen LogP contribution in [0.25, 0.3) is 0 Å². The van der Waals surface area contributed by atoms with E-state index in [1.165, 1.54) is 11.3 Å². The Hall–Kier alpha value is -2.18. The Kier molecular flexibility index (Phi) is 4.73. The van der Waals surface area contributed by atoms with E-state index < -0.39 is 0 Å². The Morgan fingerprint density at radius 2 is 2.17 bits per heavy atom. The second kappa shape index (κ2) is 6.93. The molecular weight excluding hydrogens is 312 g/mol. The van der Waals surface area contributed by atoms with Crippen molar-refractivity contribution in [1.29, 1.82) is 0 Å². The highest BCUT2D eigenvalue weighted by Gasteiger charge is 2.26. The highest BCUT2D eigenvalue weighted by Crippen LogP contribution is 2.20. The van der Waals surface area contributed by atoms with Gasteiger partial charge < -0.3 is 15.3 Å². The molecule has 2 aromatic rings. The number of hydrogen-bond donors (Lipinski definition) is 2. The van der Waals surface area contributed by atoms with Gasteiger partial charge in [-0.2, -0.15) is 0 Å². The fourth-order valence-electron chi connectivity index (χ4n) is 2.68. The summed E-state index contributed by atoms with van der Waals surface area (Å²) in [6.45, 7) is 1.36. The molecule has 0 aliphatic carbocycles. The van der Waals surface area contributed by atoms with Gasteiger partial charge >= 0.3 is 0 Å². The van der Waals surface area contributed by atoms with E-state index >= 15 is 0 Å². The van der Waals surface area contributed by atoms with Crippen molar-refractivity contribution in [2.45, 2.75) is 6.42 Å². The smallest absolute Gasteiger partial charge is 0.265 e. The number of thiophene rings is 1. The van der Waals surface area contributed by atoms with Crippen LogP contribution < -0.4 is 5.32 Å². The Morgan fingerprint density at radius 1 is 1.30 bits per heavy atom. The Balaban J connectivity index is 1.70. The van der Waals surface area contributed by atoms with E-state index in [0.29, 0.717) is 29.2 Å². The van der Waals surface area contributed by atoms with Crippen molar-refractivity contribution < 1.29 is 14.7 Å². The molecule has 0 bridgehead atoms. The third-order valence-electron chi connectivity index (χ3n) is 3.94. The molecule has 0 spiro atoms. The maximum atomic E-state index is 12.5. The summed E-state index contributed by atoms with van der Waals surface area (Å²) in [6.07, 6.45) is 0.830. The molecule has 120 valence electrons. The number of nitrogens with zero attached hydrogens (tertiary/aromatic N) is 1. The highest BCUT2D eigenvalue weighted by molar-refractivity contribution is 7.12. The quantitative estimate of drug-likeness (QED) is 0.905. The molecule has 1 saturated heterocycles. The molecule has 1 aromatic carbocycles. The van der Waals surface area contributed by atoms with Gasteiger partial charge in [-0.05, 0) is 36.1 Å². The van der Waals surface area contributed by atoms with E-state index in [0.717, 1.165) is 6.42 Å². The number of anilines is 1. The van der Waals surface area contributed by atoms with Crippen LogP contribution in [-0.2, 0) is 0 Å². The zero-order valence-corrected chi connectivity index (χ0v) is 13.4. The Morgan fingerprint density at radius 3 is 2.87 bits per heavy atom. The summed E-state index contributed by atoms with van der Waals surface area (Å²) >= 11 is 1.37. The number of nitrogens with one attached hydrogen (secondary N) is 1. The molecule has 0 saturated carbocycles. The van der Waals surface area contributed by atoms with Gasteiger partial charge in [-0.25, -0.2) is 0 Å². The number of aliphatic hydroxyl groups excluding tert-OH is 1. The molecule has 1 unspecified atom stereocenters. The van der Waals surface area contributed by atoms with Gasteiger partial charge in [-0.15, -0.1) is 11.3 Å². The first-order chi connectivity index (χ1) is 11.2. The van der Waals surface area contributed by atoms with E-state index in [4.69, 9.17) is 0 Å². The zero-order chi connectivity index (χ0) is 16.2. The van der Waals surface area contributed by atoms with E-state index in [1.807, 2.05) is 11.4 Å². The van der Waals surface area contributed by atoms with E-state index in [9.17, 15) is 14.7 Å². The summed E-state index contributed by atoms with van der Waals surface area (Å²) in [5.41, 5.74) is 1.15. The predicted molar refractivity (Wildman–Crippen MR) is 89.8 cm³/mol. The first kappa shape index (κ1) is 15.7. The molecule has 0 radical (unpaired) electrons. The summed E-state index contributed by atoms with van der Waals surface area (Å²) in [5, 5.41) is 13.8. The molecule has 6 heteroatoms. The number of amides is 2. The van der Waals surface area contributed by atoms with E-state index in [2.05, 4.69) is 5.32 Å². The minimum Gasteiger partial charge on any atom is -0.396 e. The lowest BCUT2D eigenvalue weighted by molar-refractivity contribution is 0.0781. The Labute approximate surface area is 138 Å². The van der Waals surface area contributed by atoms with Gasteiger partial charge in [0, 0.05) is 36.9 Å². The van der Waals surface area contributed by atoms with Crippen LogP contribution in [0.2, 0.25) is 0 Å². The van der Waals surface area contributed by atoms with Crippen molar-refractivity contribution in [2.75, 3.05) is 25.0 Å². The molecule has 23 heavy (non-hydrogen) atoms. The molecule has 5 nitrogen and oxygen atoms in total. The normalized spacial score (nSPS) is 17.3. The average Bonchev–Trinajstić information content (AvgIpc) is 3.25. The molecule has 2 heterocycles. The number of aliphatic hydroxyl groups is 1. The first-order valence-electron chi connectivity index (χ1n) is 7.52. The summed E-state index contributed by atoms with van der Waals surface area (Å²) in [5.74, 6) is -0.0695. The topological polar surface area (TPSA) is 69.6 Å². The lowest BCUT2D eigenvalue weighted by Gasteiger charge is -2.16. The zero-order valence-electron chi connectivity index (χ0n) is 12.6. The number of rotatable bonds is 4. The Bertz CT molecular complexity index is 700. The van der Waals surface area contributed by atoms with Gasteiger partial charge in [0.2, 0.25) is 0 Å². The third-order valence-corrected chi connectivity index (χ3v) is 4.81. The van der Waals surface area contributed by atoms with Crippen molar-refractivity contribution in [3.63, 3.8) is 0 Å². The lowest BCUT2D eigenvalue weighted by atomic mass is 10.1. The van der Waals surface area contributed by atoms with Crippen molar-refractivity contribution in [3.8, 4) is 0 Å². The third kappa shape index (κ3) is 3.60. The van der Waals surface area contributed by atoms with Crippen LogP contribution >= 0.6 is 11.3 Å². The van der Waals surface area contributed by atoms with Crippen LogP contribution in [0.4, 0.5) is 5.69 Å². The maximum Gasteiger partial charge on any atom is 0.265 e. The molecule has 1 aliphatic heterocycles. The molecule has 1 aliphatic rings. The maximum absolute atomic E-state index is 12.5. The summed E-state index contributed by atoms with van der Waals surface area (Å²) in [4.78, 5) is 27.0. The van der Waals surface area contributed by atoms with Crippen LogP contribution in [0.3, 0.4) is 0 Å². The SMILES string of the molecule is O=C(Nc1cccc(C(=O)N2CCC(CO)C2)c1)c1cccs1. The molecular formula is C17H18N2O3S. The fraction of sp³-hybridized carbons (Fsp3) is 0.294. The predicted octanol–water partition coefficient (Wildman–Crippen LogP) is 2.45. The largest absolute Gasteiger partial charge is 0.396 e. The summed E-state index contributed by atoms with van der Waals surface area (Å²) in [7, 11) is 0. The number of likely N-dealkylation sites (tertiary alicyclic amines) is 1.